The molecule has 1 fully saturated rings. The Hall–Kier alpha value is 0.177. The summed E-state index contributed by atoms with van der Waals surface area (Å²) in [5.41, 5.74) is 0. The molecule has 0 N–H and O–H groups in total. The van der Waals surface area contributed by atoms with Gasteiger partial charge in [0.2, 0.25) is 0 Å². The van der Waals surface area contributed by atoms with Crippen molar-refractivity contribution in [1.82, 2.24) is 4.57 Å². The standard InChI is InChI=1S/C7H17NSi/c1-9(2)8-6-4-3-5-7-8/h9H,3-7H2,1-2H3. The first-order chi connectivity index (χ1) is 4.30. The smallest absolute Gasteiger partial charge is 0.105 e. The minimum Gasteiger partial charge on any atom is -0.327 e. The highest BCUT2D eigenvalue weighted by atomic mass is 28.3. The Labute approximate surface area is 59.7 Å². The van der Waals surface area contributed by atoms with Crippen molar-refractivity contribution in [3.05, 3.63) is 0 Å². The normalized spacial score (nSPS) is 23.0. The van der Waals surface area contributed by atoms with Gasteiger partial charge in [0.15, 0.2) is 0 Å². The molecule has 1 nitrogen and oxygen atoms in total. The molecule has 0 saturated carbocycles. The van der Waals surface area contributed by atoms with Crippen LogP contribution >= 0.6 is 0 Å². The molecule has 0 aromatic carbocycles. The van der Waals surface area contributed by atoms with Crippen molar-refractivity contribution in [1.29, 1.82) is 0 Å². The third-order valence-electron chi connectivity index (χ3n) is 2.12. The SMILES string of the molecule is C[SiH](C)N1CCCCC1. The summed E-state index contributed by atoms with van der Waals surface area (Å²) in [5.74, 6) is 0. The largest absolute Gasteiger partial charge is 0.327 e. The van der Waals surface area contributed by atoms with Crippen LogP contribution in [0.25, 0.3) is 0 Å². The van der Waals surface area contributed by atoms with Crippen molar-refractivity contribution < 1.29 is 0 Å². The Morgan fingerprint density at radius 2 is 1.56 bits per heavy atom. The van der Waals surface area contributed by atoms with Gasteiger partial charge in [0, 0.05) is 0 Å². The number of hydrogen-bond donors (Lipinski definition) is 0. The quantitative estimate of drug-likeness (QED) is 0.502. The minimum absolute atomic E-state index is 0.419. The van der Waals surface area contributed by atoms with E-state index in [1.165, 1.54) is 32.4 Å². The van der Waals surface area contributed by atoms with Crippen LogP contribution in [0.1, 0.15) is 19.3 Å². The molecule has 0 radical (unpaired) electrons. The van der Waals surface area contributed by atoms with E-state index in [2.05, 4.69) is 17.7 Å². The van der Waals surface area contributed by atoms with E-state index < -0.39 is 8.96 Å². The van der Waals surface area contributed by atoms with Crippen LogP contribution in [-0.2, 0) is 0 Å². The second-order valence-electron chi connectivity index (χ2n) is 3.19. The van der Waals surface area contributed by atoms with Crippen molar-refractivity contribution in [2.45, 2.75) is 32.4 Å². The van der Waals surface area contributed by atoms with Gasteiger partial charge in [-0.25, -0.2) is 0 Å². The lowest BCUT2D eigenvalue weighted by molar-refractivity contribution is 0.354. The maximum Gasteiger partial charge on any atom is 0.105 e. The second kappa shape index (κ2) is 3.37. The zero-order valence-corrected chi connectivity index (χ0v) is 7.71. The summed E-state index contributed by atoms with van der Waals surface area (Å²) in [5, 5.41) is 0. The van der Waals surface area contributed by atoms with E-state index in [0.717, 1.165) is 0 Å². The van der Waals surface area contributed by atoms with E-state index in [1.807, 2.05) is 0 Å². The summed E-state index contributed by atoms with van der Waals surface area (Å²) in [7, 11) is -0.419. The molecule has 0 aromatic rings. The fourth-order valence-electron chi connectivity index (χ4n) is 1.43. The predicted octanol–water partition coefficient (Wildman–Crippen LogP) is 1.46. The van der Waals surface area contributed by atoms with E-state index in [-0.39, 0.29) is 0 Å². The minimum atomic E-state index is -0.419. The Kier molecular flexibility index (Phi) is 2.73. The van der Waals surface area contributed by atoms with Gasteiger partial charge in [-0.2, -0.15) is 0 Å². The first-order valence-electron chi connectivity index (χ1n) is 4.05. The van der Waals surface area contributed by atoms with Gasteiger partial charge in [-0.15, -0.1) is 0 Å². The number of hydrogen-bond acceptors (Lipinski definition) is 1. The highest BCUT2D eigenvalue weighted by Crippen LogP contribution is 2.09. The van der Waals surface area contributed by atoms with Crippen molar-refractivity contribution in [3.8, 4) is 0 Å². The van der Waals surface area contributed by atoms with Crippen LogP contribution in [0.3, 0.4) is 0 Å². The lowest BCUT2D eigenvalue weighted by atomic mass is 10.2. The average Bonchev–Trinajstić information content (AvgIpc) is 1.90. The summed E-state index contributed by atoms with van der Waals surface area (Å²) in [6.45, 7) is 7.63. The molecule has 9 heavy (non-hydrogen) atoms. The van der Waals surface area contributed by atoms with Crippen molar-refractivity contribution in [2.75, 3.05) is 13.1 Å². The Balaban J connectivity index is 2.23. The fourth-order valence-corrected chi connectivity index (χ4v) is 2.83. The van der Waals surface area contributed by atoms with Gasteiger partial charge in [0.05, 0.1) is 0 Å². The maximum absolute atomic E-state index is 2.70. The third kappa shape index (κ3) is 2.10. The number of nitrogens with zero attached hydrogens (tertiary/aromatic N) is 1. The zero-order chi connectivity index (χ0) is 6.69. The molecule has 1 rings (SSSR count). The third-order valence-corrected chi connectivity index (χ3v) is 4.10. The molecule has 0 aromatic heterocycles. The summed E-state index contributed by atoms with van der Waals surface area (Å²) in [6, 6.07) is 0. The van der Waals surface area contributed by atoms with Crippen LogP contribution in [0.15, 0.2) is 0 Å². The molecular formula is C7H17NSi. The molecule has 2 heteroatoms. The molecule has 0 aliphatic carbocycles. The first-order valence-corrected chi connectivity index (χ1v) is 6.87. The lowest BCUT2D eigenvalue weighted by Gasteiger charge is -2.29. The monoisotopic (exact) mass is 143 g/mol. The Morgan fingerprint density at radius 1 is 1.00 bits per heavy atom. The second-order valence-corrected chi connectivity index (χ2v) is 6.11. The summed E-state index contributed by atoms with van der Waals surface area (Å²) < 4.78 is 2.70. The van der Waals surface area contributed by atoms with Crippen LogP contribution in [0, 0.1) is 0 Å². The molecule has 0 amide bonds. The van der Waals surface area contributed by atoms with Crippen LogP contribution in [-0.4, -0.2) is 26.6 Å². The lowest BCUT2D eigenvalue weighted by Crippen LogP contribution is -2.38. The molecule has 0 atom stereocenters. The van der Waals surface area contributed by atoms with Crippen molar-refractivity contribution in [3.63, 3.8) is 0 Å². The van der Waals surface area contributed by atoms with Gasteiger partial charge >= 0.3 is 0 Å². The average molecular weight is 143 g/mol. The topological polar surface area (TPSA) is 3.24 Å². The van der Waals surface area contributed by atoms with E-state index in [9.17, 15) is 0 Å². The molecule has 1 heterocycles. The molecule has 54 valence electrons. The number of piperidine rings is 1. The summed E-state index contributed by atoms with van der Waals surface area (Å²) in [4.78, 5) is 0. The first kappa shape index (κ1) is 7.29. The van der Waals surface area contributed by atoms with Crippen LogP contribution in [0.4, 0.5) is 0 Å². The molecule has 0 unspecified atom stereocenters. The maximum atomic E-state index is 2.70. The van der Waals surface area contributed by atoms with Crippen molar-refractivity contribution in [2.24, 2.45) is 0 Å². The highest BCUT2D eigenvalue weighted by molar-refractivity contribution is 6.52. The molecule has 0 spiro atoms. The molecule has 1 aliphatic rings. The van der Waals surface area contributed by atoms with Crippen LogP contribution in [0.2, 0.25) is 13.1 Å². The van der Waals surface area contributed by atoms with Gasteiger partial charge in [0.1, 0.15) is 8.96 Å². The number of rotatable bonds is 1. The van der Waals surface area contributed by atoms with Crippen molar-refractivity contribution >= 4 is 8.96 Å². The highest BCUT2D eigenvalue weighted by Gasteiger charge is 2.12. The molecule has 1 aliphatic heterocycles. The fraction of sp³-hybridized carbons (Fsp3) is 1.00. The molecule has 0 bridgehead atoms. The van der Waals surface area contributed by atoms with E-state index >= 15 is 0 Å². The van der Waals surface area contributed by atoms with Crippen LogP contribution in [0.5, 0.6) is 0 Å². The summed E-state index contributed by atoms with van der Waals surface area (Å²) >= 11 is 0. The Morgan fingerprint density at radius 3 is 1.89 bits per heavy atom. The van der Waals surface area contributed by atoms with Gasteiger partial charge in [-0.05, 0) is 25.9 Å². The van der Waals surface area contributed by atoms with Gasteiger partial charge in [0.25, 0.3) is 0 Å². The van der Waals surface area contributed by atoms with E-state index in [1.54, 1.807) is 0 Å². The predicted molar refractivity (Wildman–Crippen MR) is 44.3 cm³/mol. The summed E-state index contributed by atoms with van der Waals surface area (Å²) in [6.07, 6.45) is 4.37. The van der Waals surface area contributed by atoms with Gasteiger partial charge in [-0.3, -0.25) is 0 Å². The van der Waals surface area contributed by atoms with Crippen LogP contribution < -0.4 is 0 Å². The zero-order valence-electron chi connectivity index (χ0n) is 6.56. The Bertz CT molecular complexity index is 77.0. The van der Waals surface area contributed by atoms with E-state index in [4.69, 9.17) is 0 Å². The van der Waals surface area contributed by atoms with Gasteiger partial charge in [-0.1, -0.05) is 19.5 Å². The molecule has 1 saturated heterocycles. The van der Waals surface area contributed by atoms with Gasteiger partial charge < -0.3 is 4.57 Å². The van der Waals surface area contributed by atoms with E-state index in [0.29, 0.717) is 0 Å². The molecular weight excluding hydrogens is 126 g/mol.